The molecule has 5 rings (SSSR count). The van der Waals surface area contributed by atoms with Crippen LogP contribution in [-0.4, -0.2) is 55.1 Å². The quantitative estimate of drug-likeness (QED) is 0.117. The molecule has 4 aliphatic carbocycles. The maximum Gasteiger partial charge on any atom is 0.223 e. The Morgan fingerprint density at radius 2 is 1.42 bits per heavy atom. The first-order chi connectivity index (χ1) is 25.1. The van der Waals surface area contributed by atoms with Crippen LogP contribution in [0, 0.1) is 40.4 Å². The van der Waals surface area contributed by atoms with Gasteiger partial charge in [-0.25, -0.2) is 0 Å². The van der Waals surface area contributed by atoms with Crippen molar-refractivity contribution in [1.29, 1.82) is 0 Å². The summed E-state index contributed by atoms with van der Waals surface area (Å²) >= 11 is 0. The number of aryl methyl sites for hydroxylation is 1. The van der Waals surface area contributed by atoms with Crippen molar-refractivity contribution in [2.75, 3.05) is 26.3 Å². The second kappa shape index (κ2) is 19.1. The van der Waals surface area contributed by atoms with Crippen LogP contribution in [0.25, 0.3) is 0 Å². The van der Waals surface area contributed by atoms with Crippen LogP contribution >= 0.6 is 0 Å². The molecule has 8 atom stereocenters. The summed E-state index contributed by atoms with van der Waals surface area (Å²) in [6, 6.07) is 6.04. The molecule has 0 spiro atoms. The average molecular weight is 723 g/mol. The smallest absolute Gasteiger partial charge is 0.223 e. The van der Waals surface area contributed by atoms with E-state index in [9.17, 15) is 19.5 Å². The number of hydrogen-bond acceptors (Lipinski definition) is 6. The first-order valence-electron chi connectivity index (χ1n) is 21.2. The molecule has 4 saturated carbocycles. The number of aliphatic hydroxyl groups is 1. The first kappa shape index (κ1) is 40.6. The Balaban J connectivity index is 1.24. The molecule has 52 heavy (non-hydrogen) atoms. The van der Waals surface area contributed by atoms with Gasteiger partial charge in [0, 0.05) is 32.0 Å². The fourth-order valence-corrected chi connectivity index (χ4v) is 10.9. The third kappa shape index (κ3) is 10.1. The van der Waals surface area contributed by atoms with E-state index in [0.717, 1.165) is 108 Å². The molecule has 0 aliphatic heterocycles. The van der Waals surface area contributed by atoms with Crippen LogP contribution in [0.2, 0.25) is 0 Å². The molecule has 2 amide bonds. The van der Waals surface area contributed by atoms with Crippen molar-refractivity contribution in [1.82, 2.24) is 10.6 Å². The van der Waals surface area contributed by atoms with E-state index < -0.39 is 0 Å². The highest BCUT2D eigenvalue weighted by Crippen LogP contribution is 2.67. The SMILES string of the molecule is CCCCCNC(=O)CCOc1cc(CCCC2CC3CC(=O)CC[C@]3(C)[C@@H]3CC[C@]4(C)C(O)CC[C@H]4[C@H]23)cc(OCCC(=O)NCCCCC)c1. The first-order valence-corrected chi connectivity index (χ1v) is 21.2. The van der Waals surface area contributed by atoms with Gasteiger partial charge in [-0.05, 0) is 129 Å². The van der Waals surface area contributed by atoms with Gasteiger partial charge < -0.3 is 25.2 Å². The van der Waals surface area contributed by atoms with Crippen molar-refractivity contribution in [3.05, 3.63) is 23.8 Å². The summed E-state index contributed by atoms with van der Waals surface area (Å²) in [5.41, 5.74) is 1.39. The molecular weight excluding hydrogens is 652 g/mol. The van der Waals surface area contributed by atoms with Crippen molar-refractivity contribution >= 4 is 17.6 Å². The highest BCUT2D eigenvalue weighted by molar-refractivity contribution is 5.79. The van der Waals surface area contributed by atoms with E-state index in [0.29, 0.717) is 86.0 Å². The van der Waals surface area contributed by atoms with Crippen LogP contribution in [0.1, 0.15) is 149 Å². The summed E-state index contributed by atoms with van der Waals surface area (Å²) in [7, 11) is 0. The number of ketones is 1. The average Bonchev–Trinajstić information content (AvgIpc) is 3.42. The zero-order chi connectivity index (χ0) is 37.1. The van der Waals surface area contributed by atoms with E-state index in [1.807, 2.05) is 6.07 Å². The van der Waals surface area contributed by atoms with E-state index in [-0.39, 0.29) is 28.7 Å². The summed E-state index contributed by atoms with van der Waals surface area (Å²) in [5.74, 6) is 4.67. The van der Waals surface area contributed by atoms with Gasteiger partial charge in [-0.15, -0.1) is 0 Å². The Kier molecular flexibility index (Phi) is 14.9. The molecule has 292 valence electrons. The maximum absolute atomic E-state index is 12.7. The largest absolute Gasteiger partial charge is 0.493 e. The number of unbranched alkanes of at least 4 members (excludes halogenated alkanes) is 4. The molecule has 3 unspecified atom stereocenters. The number of rotatable bonds is 20. The number of aliphatic hydroxyl groups excluding tert-OH is 1. The number of fused-ring (bicyclic) bond motifs is 5. The summed E-state index contributed by atoms with van der Waals surface area (Å²) in [5, 5.41) is 17.1. The molecule has 3 N–H and O–H groups in total. The lowest BCUT2D eigenvalue weighted by Crippen LogP contribution is -2.57. The summed E-state index contributed by atoms with van der Waals surface area (Å²) in [4.78, 5) is 37.5. The van der Waals surface area contributed by atoms with Crippen molar-refractivity contribution in [3.63, 3.8) is 0 Å². The Labute approximate surface area is 314 Å². The molecule has 0 radical (unpaired) electrons. The zero-order valence-corrected chi connectivity index (χ0v) is 32.9. The van der Waals surface area contributed by atoms with Crippen LogP contribution in [0.5, 0.6) is 11.5 Å². The molecule has 0 heterocycles. The van der Waals surface area contributed by atoms with Gasteiger partial charge in [-0.2, -0.15) is 0 Å². The minimum atomic E-state index is -0.196. The van der Waals surface area contributed by atoms with Crippen LogP contribution in [0.15, 0.2) is 18.2 Å². The van der Waals surface area contributed by atoms with E-state index in [1.54, 1.807) is 0 Å². The summed E-state index contributed by atoms with van der Waals surface area (Å²) in [6.07, 6.45) is 17.8. The highest BCUT2D eigenvalue weighted by atomic mass is 16.5. The molecule has 8 heteroatoms. The van der Waals surface area contributed by atoms with E-state index in [1.165, 1.54) is 6.42 Å². The van der Waals surface area contributed by atoms with Crippen molar-refractivity contribution in [2.24, 2.45) is 40.4 Å². The number of ether oxygens (including phenoxy) is 2. The van der Waals surface area contributed by atoms with Crippen LogP contribution < -0.4 is 20.1 Å². The number of Topliss-reactive ketones (excluding diaryl/α,β-unsaturated/α-hetero) is 1. The minimum Gasteiger partial charge on any atom is -0.493 e. The van der Waals surface area contributed by atoms with Crippen molar-refractivity contribution in [2.45, 2.75) is 156 Å². The van der Waals surface area contributed by atoms with Crippen LogP contribution in [0.3, 0.4) is 0 Å². The third-order valence-corrected chi connectivity index (χ3v) is 14.0. The number of hydrogen-bond donors (Lipinski definition) is 3. The van der Waals surface area contributed by atoms with Gasteiger partial charge in [0.1, 0.15) is 17.3 Å². The monoisotopic (exact) mass is 723 g/mol. The van der Waals surface area contributed by atoms with E-state index in [2.05, 4.69) is 50.5 Å². The predicted octanol–water partition coefficient (Wildman–Crippen LogP) is 8.36. The number of carbonyl (C=O) groups is 3. The molecule has 8 nitrogen and oxygen atoms in total. The number of carbonyl (C=O) groups excluding carboxylic acids is 3. The lowest BCUT2D eigenvalue weighted by atomic mass is 9.42. The molecule has 0 aromatic heterocycles. The van der Waals surface area contributed by atoms with Gasteiger partial charge in [0.25, 0.3) is 0 Å². The highest BCUT2D eigenvalue weighted by Gasteiger charge is 2.62. The number of nitrogens with one attached hydrogen (secondary N) is 2. The second-order valence-corrected chi connectivity index (χ2v) is 17.4. The van der Waals surface area contributed by atoms with Crippen molar-refractivity contribution < 1.29 is 29.0 Å². The van der Waals surface area contributed by atoms with Gasteiger partial charge >= 0.3 is 0 Å². The van der Waals surface area contributed by atoms with Gasteiger partial charge in [-0.1, -0.05) is 53.4 Å². The van der Waals surface area contributed by atoms with Crippen LogP contribution in [-0.2, 0) is 20.8 Å². The molecule has 4 aliphatic rings. The standard InChI is InChI=1S/C44H70N2O6/c1-5-7-9-22-45-40(49)18-24-51-35-26-31(27-36(30-35)52-25-19-41(50)46-23-10-8-6-2)12-11-13-32-28-33-29-34(47)16-20-43(33,3)38-17-21-44(4)37(42(32)38)14-15-39(44)48/h26-27,30,32-33,37-39,42,48H,5-25,28-29H2,1-4H3,(H,45,49)(H,46,50)/t32?,33?,37-,38+,39?,42-,43-,44-/m0/s1. The Hall–Kier alpha value is -2.61. The lowest BCUT2D eigenvalue weighted by Gasteiger charge is -2.62. The minimum absolute atomic E-state index is 0.00354. The Morgan fingerprint density at radius 1 is 0.808 bits per heavy atom. The zero-order valence-electron chi connectivity index (χ0n) is 32.9. The third-order valence-electron chi connectivity index (χ3n) is 14.0. The number of amides is 2. The molecular formula is C44H70N2O6. The molecule has 1 aromatic carbocycles. The van der Waals surface area contributed by atoms with Gasteiger partial charge in [0.2, 0.25) is 11.8 Å². The Bertz CT molecular complexity index is 1290. The molecule has 4 fully saturated rings. The summed E-state index contributed by atoms with van der Waals surface area (Å²) < 4.78 is 12.3. The van der Waals surface area contributed by atoms with Gasteiger partial charge in [-0.3, -0.25) is 14.4 Å². The predicted molar refractivity (Wildman–Crippen MR) is 206 cm³/mol. The van der Waals surface area contributed by atoms with Gasteiger partial charge in [0.05, 0.1) is 32.2 Å². The van der Waals surface area contributed by atoms with E-state index >= 15 is 0 Å². The maximum atomic E-state index is 12.7. The second-order valence-electron chi connectivity index (χ2n) is 17.4. The normalized spacial score (nSPS) is 30.9. The topological polar surface area (TPSA) is 114 Å². The number of benzene rings is 1. The lowest BCUT2D eigenvalue weighted by molar-refractivity contribution is -0.156. The fourth-order valence-electron chi connectivity index (χ4n) is 10.9. The fraction of sp³-hybridized carbons (Fsp3) is 0.795. The van der Waals surface area contributed by atoms with Crippen LogP contribution in [0.4, 0.5) is 0 Å². The van der Waals surface area contributed by atoms with Crippen molar-refractivity contribution in [3.8, 4) is 11.5 Å². The van der Waals surface area contributed by atoms with E-state index in [4.69, 9.17) is 9.47 Å². The molecule has 0 saturated heterocycles. The molecule has 1 aromatic rings. The molecule has 0 bridgehead atoms. The Morgan fingerprint density at radius 3 is 2.04 bits per heavy atom. The summed E-state index contributed by atoms with van der Waals surface area (Å²) in [6.45, 7) is 11.2. The van der Waals surface area contributed by atoms with Gasteiger partial charge in [0.15, 0.2) is 0 Å².